The second-order valence-corrected chi connectivity index (χ2v) is 6.03. The minimum absolute atomic E-state index is 0.205. The fraction of sp³-hybridized carbons (Fsp3) is 0.571. The van der Waals surface area contributed by atoms with Gasteiger partial charge in [0.25, 0.3) is 0 Å². The van der Waals surface area contributed by atoms with Gasteiger partial charge in [0, 0.05) is 22.9 Å². The number of benzene rings is 1. The number of nitrogens with zero attached hydrogens (tertiary/aromatic N) is 1. The van der Waals surface area contributed by atoms with Crippen LogP contribution in [0.4, 0.5) is 4.39 Å². The number of piperidine rings is 1. The lowest BCUT2D eigenvalue weighted by atomic mass is 9.99. The summed E-state index contributed by atoms with van der Waals surface area (Å²) in [7, 11) is 0. The summed E-state index contributed by atoms with van der Waals surface area (Å²) in [4.78, 5) is 2.44. The molecule has 2 rings (SSSR count). The van der Waals surface area contributed by atoms with Crippen LogP contribution < -0.4 is 0 Å². The maximum absolute atomic E-state index is 13.3. The highest BCUT2D eigenvalue weighted by Gasteiger charge is 2.22. The van der Waals surface area contributed by atoms with E-state index in [4.69, 9.17) is 11.6 Å². The SMILES string of the molecule is Fc1ccc(Cl)c(CN2CCCCC2CCBr)c1. The van der Waals surface area contributed by atoms with Crippen LogP contribution in [0.5, 0.6) is 0 Å². The molecule has 1 heterocycles. The molecule has 1 saturated heterocycles. The maximum atomic E-state index is 13.3. The Labute approximate surface area is 121 Å². The van der Waals surface area contributed by atoms with Crippen LogP contribution in [0.2, 0.25) is 5.02 Å². The average Bonchev–Trinajstić information content (AvgIpc) is 2.36. The lowest BCUT2D eigenvalue weighted by molar-refractivity contribution is 0.137. The van der Waals surface area contributed by atoms with E-state index in [1.807, 2.05) is 0 Å². The molecular formula is C14H18BrClFN. The molecule has 4 heteroatoms. The highest BCUT2D eigenvalue weighted by Crippen LogP contribution is 2.25. The minimum atomic E-state index is -0.205. The van der Waals surface area contributed by atoms with Crippen molar-refractivity contribution < 1.29 is 4.39 Å². The van der Waals surface area contributed by atoms with Gasteiger partial charge in [0.05, 0.1) is 0 Å². The molecule has 1 aliphatic rings. The standard InChI is InChI=1S/C14H18BrClFN/c15-7-6-13-3-1-2-8-18(13)10-11-9-12(17)4-5-14(11)16/h4-5,9,13H,1-3,6-8,10H2. The van der Waals surface area contributed by atoms with Crippen molar-refractivity contribution in [1.29, 1.82) is 0 Å². The minimum Gasteiger partial charge on any atom is -0.296 e. The number of rotatable bonds is 4. The van der Waals surface area contributed by atoms with Crippen LogP contribution >= 0.6 is 27.5 Å². The summed E-state index contributed by atoms with van der Waals surface area (Å²) in [5.74, 6) is -0.205. The van der Waals surface area contributed by atoms with Gasteiger partial charge in [-0.05, 0) is 49.6 Å². The monoisotopic (exact) mass is 333 g/mol. The fourth-order valence-corrected chi connectivity index (χ4v) is 3.31. The summed E-state index contributed by atoms with van der Waals surface area (Å²) in [5.41, 5.74) is 0.901. The van der Waals surface area contributed by atoms with Crippen molar-refractivity contribution in [2.75, 3.05) is 11.9 Å². The van der Waals surface area contributed by atoms with E-state index in [-0.39, 0.29) is 5.82 Å². The average molecular weight is 335 g/mol. The highest BCUT2D eigenvalue weighted by atomic mass is 79.9. The molecule has 100 valence electrons. The van der Waals surface area contributed by atoms with Crippen LogP contribution in [0.15, 0.2) is 18.2 Å². The van der Waals surface area contributed by atoms with Crippen LogP contribution in [-0.2, 0) is 6.54 Å². The van der Waals surface area contributed by atoms with Gasteiger partial charge in [-0.3, -0.25) is 4.90 Å². The number of hydrogen-bond acceptors (Lipinski definition) is 1. The van der Waals surface area contributed by atoms with E-state index in [0.717, 1.165) is 30.4 Å². The Morgan fingerprint density at radius 1 is 1.39 bits per heavy atom. The molecule has 1 aliphatic heterocycles. The van der Waals surface area contributed by atoms with Crippen LogP contribution in [0.1, 0.15) is 31.2 Å². The lowest BCUT2D eigenvalue weighted by Crippen LogP contribution is -2.39. The Morgan fingerprint density at radius 2 is 2.22 bits per heavy atom. The summed E-state index contributed by atoms with van der Waals surface area (Å²) in [6.07, 6.45) is 4.90. The van der Waals surface area contributed by atoms with Crippen molar-refractivity contribution in [1.82, 2.24) is 4.90 Å². The first kappa shape index (κ1) is 14.3. The molecule has 1 atom stereocenters. The van der Waals surface area contributed by atoms with Crippen LogP contribution in [0.3, 0.4) is 0 Å². The summed E-state index contributed by atoms with van der Waals surface area (Å²) in [6.45, 7) is 1.85. The van der Waals surface area contributed by atoms with Gasteiger partial charge in [0.1, 0.15) is 5.82 Å². The first-order chi connectivity index (χ1) is 8.70. The molecule has 0 bridgehead atoms. The number of hydrogen-bond donors (Lipinski definition) is 0. The first-order valence-corrected chi connectivity index (χ1v) is 7.94. The van der Waals surface area contributed by atoms with Crippen molar-refractivity contribution in [3.8, 4) is 0 Å². The van der Waals surface area contributed by atoms with Crippen LogP contribution in [-0.4, -0.2) is 22.8 Å². The molecule has 0 radical (unpaired) electrons. The molecular weight excluding hydrogens is 317 g/mol. The van der Waals surface area contributed by atoms with Gasteiger partial charge >= 0.3 is 0 Å². The van der Waals surface area contributed by atoms with Crippen LogP contribution in [0.25, 0.3) is 0 Å². The van der Waals surface area contributed by atoms with Crippen molar-refractivity contribution in [2.45, 2.75) is 38.3 Å². The number of likely N-dealkylation sites (tertiary alicyclic amines) is 1. The summed E-state index contributed by atoms with van der Waals surface area (Å²) >= 11 is 9.65. The summed E-state index contributed by atoms with van der Waals surface area (Å²) in [5, 5.41) is 1.69. The molecule has 0 aliphatic carbocycles. The number of halogens is 3. The Bertz CT molecular complexity index is 397. The first-order valence-electron chi connectivity index (χ1n) is 6.44. The van der Waals surface area contributed by atoms with E-state index in [0.29, 0.717) is 11.1 Å². The van der Waals surface area contributed by atoms with E-state index < -0.39 is 0 Å². The Balaban J connectivity index is 2.08. The Morgan fingerprint density at radius 3 is 3.00 bits per heavy atom. The lowest BCUT2D eigenvalue weighted by Gasteiger charge is -2.35. The second-order valence-electron chi connectivity index (χ2n) is 4.83. The Hall–Kier alpha value is -0.120. The molecule has 0 amide bonds. The van der Waals surface area contributed by atoms with Gasteiger partial charge in [0.2, 0.25) is 0 Å². The summed E-state index contributed by atoms with van der Waals surface area (Å²) in [6, 6.07) is 5.22. The zero-order valence-electron chi connectivity index (χ0n) is 10.3. The van der Waals surface area contributed by atoms with Gasteiger partial charge < -0.3 is 0 Å². The third kappa shape index (κ3) is 3.69. The van der Waals surface area contributed by atoms with Gasteiger partial charge in [-0.25, -0.2) is 4.39 Å². The third-order valence-electron chi connectivity index (χ3n) is 3.57. The molecule has 0 saturated carbocycles. The molecule has 1 aromatic rings. The topological polar surface area (TPSA) is 3.24 Å². The van der Waals surface area contributed by atoms with Crippen molar-refractivity contribution in [3.05, 3.63) is 34.6 Å². The third-order valence-corrected chi connectivity index (χ3v) is 4.40. The van der Waals surface area contributed by atoms with E-state index in [1.54, 1.807) is 12.1 Å². The predicted octanol–water partition coefficient (Wildman–Crippen LogP) is 4.62. The van der Waals surface area contributed by atoms with E-state index >= 15 is 0 Å². The van der Waals surface area contributed by atoms with Crippen molar-refractivity contribution in [3.63, 3.8) is 0 Å². The van der Waals surface area contributed by atoms with Crippen LogP contribution in [0, 0.1) is 5.82 Å². The van der Waals surface area contributed by atoms with E-state index in [9.17, 15) is 4.39 Å². The number of alkyl halides is 1. The zero-order valence-corrected chi connectivity index (χ0v) is 12.7. The second kappa shape index (κ2) is 6.88. The summed E-state index contributed by atoms with van der Waals surface area (Å²) < 4.78 is 13.3. The molecule has 1 fully saturated rings. The largest absolute Gasteiger partial charge is 0.296 e. The normalized spacial score (nSPS) is 21.2. The predicted molar refractivity (Wildman–Crippen MR) is 77.9 cm³/mol. The quantitative estimate of drug-likeness (QED) is 0.726. The molecule has 0 spiro atoms. The molecule has 1 nitrogen and oxygen atoms in total. The van der Waals surface area contributed by atoms with Crippen molar-refractivity contribution in [2.24, 2.45) is 0 Å². The van der Waals surface area contributed by atoms with Crippen molar-refractivity contribution >= 4 is 27.5 Å². The zero-order chi connectivity index (χ0) is 13.0. The molecule has 1 aromatic carbocycles. The van der Waals surface area contributed by atoms with Gasteiger partial charge in [0.15, 0.2) is 0 Å². The smallest absolute Gasteiger partial charge is 0.123 e. The maximum Gasteiger partial charge on any atom is 0.123 e. The molecule has 1 unspecified atom stereocenters. The fourth-order valence-electron chi connectivity index (χ4n) is 2.60. The van der Waals surface area contributed by atoms with Gasteiger partial charge in [-0.15, -0.1) is 0 Å². The van der Waals surface area contributed by atoms with Gasteiger partial charge in [-0.1, -0.05) is 34.0 Å². The highest BCUT2D eigenvalue weighted by molar-refractivity contribution is 9.09. The molecule has 18 heavy (non-hydrogen) atoms. The molecule has 0 N–H and O–H groups in total. The molecule has 0 aromatic heterocycles. The van der Waals surface area contributed by atoms with Gasteiger partial charge in [-0.2, -0.15) is 0 Å². The van der Waals surface area contributed by atoms with E-state index in [2.05, 4.69) is 20.8 Å². The Kier molecular flexibility index (Phi) is 5.46. The van der Waals surface area contributed by atoms with E-state index in [1.165, 1.54) is 25.3 Å².